The average molecular weight is 366 g/mol. The zero-order chi connectivity index (χ0) is 17.5. The van der Waals surface area contributed by atoms with E-state index < -0.39 is 0 Å². The van der Waals surface area contributed by atoms with Gasteiger partial charge < -0.3 is 15.4 Å². The zero-order valence-electron chi connectivity index (χ0n) is 14.7. The van der Waals surface area contributed by atoms with Gasteiger partial charge in [0.05, 0.1) is 19.3 Å². The highest BCUT2D eigenvalue weighted by atomic mass is 35.5. The van der Waals surface area contributed by atoms with Gasteiger partial charge in [-0.15, -0.1) is 0 Å². The average Bonchev–Trinajstić information content (AvgIpc) is 3.16. The number of hydrogen-bond donors (Lipinski definition) is 2. The van der Waals surface area contributed by atoms with E-state index >= 15 is 0 Å². The number of carbonyl (C=O) groups is 1. The van der Waals surface area contributed by atoms with Crippen molar-refractivity contribution >= 4 is 17.5 Å². The van der Waals surface area contributed by atoms with Gasteiger partial charge in [0.2, 0.25) is 5.91 Å². The lowest BCUT2D eigenvalue weighted by Crippen LogP contribution is -2.44. The molecule has 2 saturated heterocycles. The van der Waals surface area contributed by atoms with Crippen LogP contribution in [0.15, 0.2) is 24.3 Å². The van der Waals surface area contributed by atoms with Crippen molar-refractivity contribution in [3.8, 4) is 0 Å². The predicted molar refractivity (Wildman–Crippen MR) is 99.8 cm³/mol. The van der Waals surface area contributed by atoms with Crippen LogP contribution in [0, 0.1) is 5.92 Å². The molecule has 0 bridgehead atoms. The Morgan fingerprint density at radius 1 is 1.36 bits per heavy atom. The minimum absolute atomic E-state index is 0.0923. The summed E-state index contributed by atoms with van der Waals surface area (Å²) in [4.78, 5) is 14.6. The van der Waals surface area contributed by atoms with E-state index in [4.69, 9.17) is 16.3 Å². The Morgan fingerprint density at radius 2 is 2.16 bits per heavy atom. The highest BCUT2D eigenvalue weighted by molar-refractivity contribution is 6.31. The van der Waals surface area contributed by atoms with E-state index in [1.54, 1.807) is 0 Å². The summed E-state index contributed by atoms with van der Waals surface area (Å²) >= 11 is 6.42. The molecule has 138 valence electrons. The third-order valence-corrected chi connectivity index (χ3v) is 5.53. The highest BCUT2D eigenvalue weighted by Crippen LogP contribution is 2.27. The second-order valence-corrected chi connectivity index (χ2v) is 7.29. The first-order chi connectivity index (χ1) is 12.2. The molecule has 0 aliphatic carbocycles. The van der Waals surface area contributed by atoms with Crippen LogP contribution in [0.5, 0.6) is 0 Å². The van der Waals surface area contributed by atoms with Crippen molar-refractivity contribution in [2.75, 3.05) is 45.9 Å². The normalized spacial score (nSPS) is 22.7. The Labute approximate surface area is 155 Å². The van der Waals surface area contributed by atoms with Gasteiger partial charge in [0.15, 0.2) is 0 Å². The van der Waals surface area contributed by atoms with Gasteiger partial charge in [0, 0.05) is 31.1 Å². The standard InChI is InChI=1S/C19H28ClN3O2/c20-17-4-2-1-3-16(17)18(23-9-11-25-12-10-23)14-22-19(24)6-5-15-7-8-21-13-15/h1-4,15,18,21H,5-14H2,(H,22,24). The van der Waals surface area contributed by atoms with Crippen LogP contribution in [0.4, 0.5) is 0 Å². The van der Waals surface area contributed by atoms with E-state index in [0.717, 1.165) is 56.4 Å². The molecule has 1 aromatic rings. The Kier molecular flexibility index (Phi) is 7.11. The fourth-order valence-corrected chi connectivity index (χ4v) is 3.93. The van der Waals surface area contributed by atoms with Crippen LogP contribution in [0.3, 0.4) is 0 Å². The number of nitrogens with zero attached hydrogens (tertiary/aromatic N) is 1. The van der Waals surface area contributed by atoms with Crippen molar-refractivity contribution in [3.63, 3.8) is 0 Å². The van der Waals surface area contributed by atoms with Crippen molar-refractivity contribution < 1.29 is 9.53 Å². The van der Waals surface area contributed by atoms with Crippen molar-refractivity contribution in [3.05, 3.63) is 34.9 Å². The second-order valence-electron chi connectivity index (χ2n) is 6.89. The lowest BCUT2D eigenvalue weighted by molar-refractivity contribution is -0.121. The maximum atomic E-state index is 12.3. The van der Waals surface area contributed by atoms with E-state index in [1.807, 2.05) is 18.2 Å². The second kappa shape index (κ2) is 9.53. The molecule has 2 heterocycles. The summed E-state index contributed by atoms with van der Waals surface area (Å²) < 4.78 is 5.47. The van der Waals surface area contributed by atoms with Crippen LogP contribution >= 0.6 is 11.6 Å². The monoisotopic (exact) mass is 365 g/mol. The largest absolute Gasteiger partial charge is 0.379 e. The fraction of sp³-hybridized carbons (Fsp3) is 0.632. The quantitative estimate of drug-likeness (QED) is 0.778. The molecule has 2 unspecified atom stereocenters. The molecule has 1 aromatic carbocycles. The van der Waals surface area contributed by atoms with Gasteiger partial charge in [-0.2, -0.15) is 0 Å². The van der Waals surface area contributed by atoms with E-state index in [9.17, 15) is 4.79 Å². The van der Waals surface area contributed by atoms with Crippen LogP contribution in [-0.4, -0.2) is 56.7 Å². The number of amides is 1. The Morgan fingerprint density at radius 3 is 2.88 bits per heavy atom. The molecule has 0 aromatic heterocycles. The topological polar surface area (TPSA) is 53.6 Å². The predicted octanol–water partition coefficient (Wildman–Crippen LogP) is 2.22. The van der Waals surface area contributed by atoms with Gasteiger partial charge in [0.1, 0.15) is 0 Å². The van der Waals surface area contributed by atoms with Crippen molar-refractivity contribution in [1.82, 2.24) is 15.5 Å². The summed E-state index contributed by atoms with van der Waals surface area (Å²) in [7, 11) is 0. The molecule has 2 atom stereocenters. The van der Waals surface area contributed by atoms with Gasteiger partial charge in [-0.3, -0.25) is 9.69 Å². The number of nitrogens with one attached hydrogen (secondary N) is 2. The first kappa shape index (κ1) is 18.6. The molecule has 0 saturated carbocycles. The van der Waals surface area contributed by atoms with Gasteiger partial charge in [0.25, 0.3) is 0 Å². The molecule has 0 spiro atoms. The lowest BCUT2D eigenvalue weighted by Gasteiger charge is -2.35. The number of carbonyl (C=O) groups excluding carboxylic acids is 1. The summed E-state index contributed by atoms with van der Waals surface area (Å²) in [5.74, 6) is 0.779. The number of morpholine rings is 1. The molecular formula is C19H28ClN3O2. The molecule has 5 nitrogen and oxygen atoms in total. The fourth-order valence-electron chi connectivity index (χ4n) is 3.67. The lowest BCUT2D eigenvalue weighted by atomic mass is 10.0. The first-order valence-electron chi connectivity index (χ1n) is 9.27. The zero-order valence-corrected chi connectivity index (χ0v) is 15.4. The summed E-state index contributed by atoms with van der Waals surface area (Å²) in [6, 6.07) is 8.01. The molecule has 0 radical (unpaired) electrons. The molecule has 6 heteroatoms. The minimum atomic E-state index is 0.0923. The number of halogens is 1. The SMILES string of the molecule is O=C(CCC1CCNC1)NCC(c1ccccc1Cl)N1CCOCC1. The van der Waals surface area contributed by atoms with Crippen LogP contribution < -0.4 is 10.6 Å². The summed E-state index contributed by atoms with van der Waals surface area (Å²) in [6.07, 6.45) is 2.75. The van der Waals surface area contributed by atoms with Gasteiger partial charge in [-0.05, 0) is 43.5 Å². The third-order valence-electron chi connectivity index (χ3n) is 5.19. The summed E-state index contributed by atoms with van der Waals surface area (Å²) in [5, 5.41) is 7.24. The van der Waals surface area contributed by atoms with Gasteiger partial charge in [-0.25, -0.2) is 0 Å². The molecular weight excluding hydrogens is 338 g/mol. The highest BCUT2D eigenvalue weighted by Gasteiger charge is 2.25. The van der Waals surface area contributed by atoms with Crippen molar-refractivity contribution in [2.24, 2.45) is 5.92 Å². The number of hydrogen-bond acceptors (Lipinski definition) is 4. The van der Waals surface area contributed by atoms with Crippen LogP contribution in [0.25, 0.3) is 0 Å². The van der Waals surface area contributed by atoms with Crippen LogP contribution in [0.2, 0.25) is 5.02 Å². The van der Waals surface area contributed by atoms with Crippen LogP contribution in [-0.2, 0) is 9.53 Å². The molecule has 3 rings (SSSR count). The first-order valence-corrected chi connectivity index (χ1v) is 9.65. The molecule has 2 fully saturated rings. The molecule has 2 N–H and O–H groups in total. The molecule has 2 aliphatic rings. The van der Waals surface area contributed by atoms with Gasteiger partial charge >= 0.3 is 0 Å². The molecule has 1 amide bonds. The third kappa shape index (κ3) is 5.42. The molecule has 25 heavy (non-hydrogen) atoms. The smallest absolute Gasteiger partial charge is 0.220 e. The van der Waals surface area contributed by atoms with E-state index in [2.05, 4.69) is 21.6 Å². The number of rotatable bonds is 7. The van der Waals surface area contributed by atoms with Crippen molar-refractivity contribution in [2.45, 2.75) is 25.3 Å². The summed E-state index contributed by atoms with van der Waals surface area (Å²) in [6.45, 7) is 5.89. The van der Waals surface area contributed by atoms with E-state index in [1.165, 1.54) is 6.42 Å². The van der Waals surface area contributed by atoms with Gasteiger partial charge in [-0.1, -0.05) is 29.8 Å². The number of benzene rings is 1. The summed E-state index contributed by atoms with van der Waals surface area (Å²) in [5.41, 5.74) is 1.08. The maximum absolute atomic E-state index is 12.3. The minimum Gasteiger partial charge on any atom is -0.379 e. The van der Waals surface area contributed by atoms with Crippen LogP contribution in [0.1, 0.15) is 30.9 Å². The molecule has 2 aliphatic heterocycles. The Hall–Kier alpha value is -1.14. The van der Waals surface area contributed by atoms with Crippen molar-refractivity contribution in [1.29, 1.82) is 0 Å². The van der Waals surface area contributed by atoms with E-state index in [-0.39, 0.29) is 11.9 Å². The van der Waals surface area contributed by atoms with E-state index in [0.29, 0.717) is 18.9 Å². The Bertz CT molecular complexity index is 557. The maximum Gasteiger partial charge on any atom is 0.220 e. The Balaban J connectivity index is 1.57. The number of ether oxygens (including phenoxy) is 1.